The number of amides is 1. The fourth-order valence-electron chi connectivity index (χ4n) is 3.20. The highest BCUT2D eigenvalue weighted by Crippen LogP contribution is 2.35. The van der Waals surface area contributed by atoms with Gasteiger partial charge in [0.2, 0.25) is 0 Å². The van der Waals surface area contributed by atoms with Crippen LogP contribution in [-0.4, -0.2) is 21.7 Å². The summed E-state index contributed by atoms with van der Waals surface area (Å²) in [5.41, 5.74) is 3.45. The Morgan fingerprint density at radius 2 is 2.42 bits per heavy atom. The van der Waals surface area contributed by atoms with Crippen LogP contribution in [0.3, 0.4) is 0 Å². The molecule has 1 aliphatic rings. The Labute approximate surface area is 158 Å². The lowest BCUT2D eigenvalue weighted by Gasteiger charge is -2.17. The van der Waals surface area contributed by atoms with Crippen LogP contribution in [-0.2, 0) is 24.2 Å². The molecule has 4 rings (SSSR count). The number of nitrogens with zero attached hydrogens (tertiary/aromatic N) is 3. The summed E-state index contributed by atoms with van der Waals surface area (Å²) < 4.78 is 1.36. The topological polar surface area (TPSA) is 76.3 Å². The van der Waals surface area contributed by atoms with E-state index in [9.17, 15) is 9.59 Å². The number of hydrogen-bond acceptors (Lipinski definition) is 6. The number of aryl methyl sites for hydroxylation is 1. The fourth-order valence-corrected chi connectivity index (χ4v) is 5.13. The van der Waals surface area contributed by atoms with Gasteiger partial charge in [0.1, 0.15) is 11.4 Å². The lowest BCUT2D eigenvalue weighted by Crippen LogP contribution is -2.30. The summed E-state index contributed by atoms with van der Waals surface area (Å²) in [6.07, 6.45) is 6.05. The summed E-state index contributed by atoms with van der Waals surface area (Å²) in [7, 11) is 0. The van der Waals surface area contributed by atoms with Crippen molar-refractivity contribution in [2.75, 3.05) is 0 Å². The molecule has 3 aromatic rings. The van der Waals surface area contributed by atoms with Crippen molar-refractivity contribution >= 4 is 45.0 Å². The van der Waals surface area contributed by atoms with Gasteiger partial charge >= 0.3 is 0 Å². The van der Waals surface area contributed by atoms with Crippen LogP contribution < -0.4 is 11.0 Å². The maximum absolute atomic E-state index is 12.9. The van der Waals surface area contributed by atoms with Crippen molar-refractivity contribution in [1.82, 2.24) is 15.0 Å². The highest BCUT2D eigenvalue weighted by atomic mass is 32.1. The van der Waals surface area contributed by atoms with E-state index < -0.39 is 0 Å². The molecule has 1 amide bonds. The molecule has 134 valence electrons. The molecule has 0 bridgehead atoms. The van der Waals surface area contributed by atoms with Crippen molar-refractivity contribution < 1.29 is 4.79 Å². The van der Waals surface area contributed by atoms with Gasteiger partial charge in [-0.15, -0.1) is 22.7 Å². The molecule has 0 spiro atoms. The van der Waals surface area contributed by atoms with E-state index in [0.717, 1.165) is 34.5 Å². The number of fused-ring (bicyclic) bond motifs is 3. The van der Waals surface area contributed by atoms with Crippen molar-refractivity contribution in [2.45, 2.75) is 32.7 Å². The first kappa shape index (κ1) is 17.1. The molecule has 1 N–H and O–H groups in total. The van der Waals surface area contributed by atoms with Gasteiger partial charge in [0, 0.05) is 9.75 Å². The predicted molar refractivity (Wildman–Crippen MR) is 105 cm³/mol. The minimum absolute atomic E-state index is 0.0927. The largest absolute Gasteiger partial charge is 0.289 e. The van der Waals surface area contributed by atoms with Crippen molar-refractivity contribution in [2.24, 2.45) is 11.0 Å². The Morgan fingerprint density at radius 1 is 1.54 bits per heavy atom. The zero-order valence-electron chi connectivity index (χ0n) is 14.3. The molecule has 3 aromatic heterocycles. The first-order chi connectivity index (χ1) is 12.6. The zero-order chi connectivity index (χ0) is 18.1. The number of carbonyl (C=O) groups is 1. The third kappa shape index (κ3) is 3.34. The molecular weight excluding hydrogens is 368 g/mol. The summed E-state index contributed by atoms with van der Waals surface area (Å²) in [4.78, 5) is 32.4. The Kier molecular flexibility index (Phi) is 4.69. The van der Waals surface area contributed by atoms with Gasteiger partial charge in [-0.3, -0.25) is 14.2 Å². The summed E-state index contributed by atoms with van der Waals surface area (Å²) in [5, 5.41) is 6.55. The number of hydrazone groups is 1. The van der Waals surface area contributed by atoms with E-state index in [1.807, 2.05) is 17.5 Å². The average Bonchev–Trinajstić information content (AvgIpc) is 3.24. The SMILES string of the molecule is CC1CCc2c(sc3ncn(CC(=O)N/N=C/c4cccs4)c(=O)c23)C1. The van der Waals surface area contributed by atoms with Crippen molar-refractivity contribution in [3.05, 3.63) is 49.5 Å². The molecule has 6 nitrogen and oxygen atoms in total. The standard InChI is InChI=1S/C18H18N4O2S2/c1-11-4-5-13-14(7-11)26-17-16(13)18(24)22(10-19-17)9-15(23)21-20-8-12-3-2-6-25-12/h2-3,6,8,10-11H,4-5,7,9H2,1H3,(H,21,23)/b20-8+. The second kappa shape index (κ2) is 7.13. The van der Waals surface area contributed by atoms with Crippen molar-refractivity contribution in [3.8, 4) is 0 Å². The van der Waals surface area contributed by atoms with Gasteiger partial charge in [0.25, 0.3) is 11.5 Å². The Morgan fingerprint density at radius 3 is 3.23 bits per heavy atom. The van der Waals surface area contributed by atoms with E-state index in [4.69, 9.17) is 0 Å². The van der Waals surface area contributed by atoms with Crippen LogP contribution >= 0.6 is 22.7 Å². The first-order valence-electron chi connectivity index (χ1n) is 8.47. The van der Waals surface area contributed by atoms with E-state index in [-0.39, 0.29) is 18.0 Å². The van der Waals surface area contributed by atoms with Gasteiger partial charge < -0.3 is 0 Å². The lowest BCUT2D eigenvalue weighted by molar-refractivity contribution is -0.121. The highest BCUT2D eigenvalue weighted by Gasteiger charge is 2.23. The molecule has 26 heavy (non-hydrogen) atoms. The number of hydrogen-bond donors (Lipinski definition) is 1. The molecule has 8 heteroatoms. The zero-order valence-corrected chi connectivity index (χ0v) is 15.9. The molecular formula is C18H18N4O2S2. The van der Waals surface area contributed by atoms with E-state index in [1.165, 1.54) is 27.1 Å². The van der Waals surface area contributed by atoms with Crippen LogP contribution in [0.15, 0.2) is 33.7 Å². The molecule has 0 radical (unpaired) electrons. The van der Waals surface area contributed by atoms with E-state index in [0.29, 0.717) is 11.3 Å². The van der Waals surface area contributed by atoms with Crippen LogP contribution in [0, 0.1) is 5.92 Å². The first-order valence-corrected chi connectivity index (χ1v) is 10.2. The third-order valence-corrected chi connectivity index (χ3v) is 6.49. The van der Waals surface area contributed by atoms with Crippen LogP contribution in [0.5, 0.6) is 0 Å². The summed E-state index contributed by atoms with van der Waals surface area (Å²) >= 11 is 3.14. The molecule has 0 fully saturated rings. The number of carbonyl (C=O) groups excluding carboxylic acids is 1. The summed E-state index contributed by atoms with van der Waals surface area (Å²) in [6.45, 7) is 2.14. The number of rotatable bonds is 4. The normalized spacial score (nSPS) is 16.9. The minimum Gasteiger partial charge on any atom is -0.289 e. The minimum atomic E-state index is -0.348. The van der Waals surface area contributed by atoms with Crippen LogP contribution in [0.25, 0.3) is 10.2 Å². The molecule has 3 heterocycles. The quantitative estimate of drug-likeness (QED) is 0.553. The van der Waals surface area contributed by atoms with Crippen LogP contribution in [0.2, 0.25) is 0 Å². The maximum Gasteiger partial charge on any atom is 0.262 e. The van der Waals surface area contributed by atoms with Gasteiger partial charge in [0.05, 0.1) is 17.9 Å². The molecule has 0 saturated heterocycles. The fraction of sp³-hybridized carbons (Fsp3) is 0.333. The Bertz CT molecular complexity index is 1030. The van der Waals surface area contributed by atoms with Gasteiger partial charge in [-0.05, 0) is 42.2 Å². The van der Waals surface area contributed by atoms with Gasteiger partial charge in [-0.25, -0.2) is 10.4 Å². The van der Waals surface area contributed by atoms with Gasteiger partial charge in [-0.2, -0.15) is 5.10 Å². The Hall–Kier alpha value is -2.32. The second-order valence-corrected chi connectivity index (χ2v) is 8.58. The van der Waals surface area contributed by atoms with Crippen LogP contribution in [0.4, 0.5) is 0 Å². The van der Waals surface area contributed by atoms with Crippen LogP contribution in [0.1, 0.15) is 28.7 Å². The van der Waals surface area contributed by atoms with Gasteiger partial charge in [0.15, 0.2) is 0 Å². The molecule has 0 saturated carbocycles. The Balaban J connectivity index is 1.54. The van der Waals surface area contributed by atoms with Crippen molar-refractivity contribution in [1.29, 1.82) is 0 Å². The average molecular weight is 387 g/mol. The summed E-state index contributed by atoms with van der Waals surface area (Å²) in [5.74, 6) is 0.295. The monoisotopic (exact) mass is 386 g/mol. The van der Waals surface area contributed by atoms with Gasteiger partial charge in [-0.1, -0.05) is 13.0 Å². The number of thiophene rings is 2. The molecule has 1 aliphatic carbocycles. The predicted octanol–water partition coefficient (Wildman–Crippen LogP) is 2.79. The second-order valence-electron chi connectivity index (χ2n) is 6.52. The number of aromatic nitrogens is 2. The van der Waals surface area contributed by atoms with Crippen molar-refractivity contribution in [3.63, 3.8) is 0 Å². The molecule has 1 atom stereocenters. The summed E-state index contributed by atoms with van der Waals surface area (Å²) in [6, 6.07) is 3.82. The number of nitrogens with one attached hydrogen (secondary N) is 1. The third-order valence-electron chi connectivity index (χ3n) is 4.52. The highest BCUT2D eigenvalue weighted by molar-refractivity contribution is 7.18. The molecule has 1 unspecified atom stereocenters. The van der Waals surface area contributed by atoms with E-state index in [1.54, 1.807) is 17.6 Å². The lowest BCUT2D eigenvalue weighted by atomic mass is 9.89. The molecule has 0 aromatic carbocycles. The van der Waals surface area contributed by atoms with E-state index in [2.05, 4.69) is 22.4 Å². The smallest absolute Gasteiger partial charge is 0.262 e. The maximum atomic E-state index is 12.9. The van der Waals surface area contributed by atoms with E-state index >= 15 is 0 Å². The molecule has 0 aliphatic heterocycles.